The fourth-order valence-electron chi connectivity index (χ4n) is 1.53. The minimum atomic E-state index is 0.0496. The van der Waals surface area contributed by atoms with Crippen LogP contribution in [0.3, 0.4) is 0 Å². The van der Waals surface area contributed by atoms with E-state index in [2.05, 4.69) is 19.9 Å². The number of nitrogens with two attached hydrogens (primary N) is 1. The van der Waals surface area contributed by atoms with Gasteiger partial charge in [0, 0.05) is 22.2 Å². The zero-order valence-corrected chi connectivity index (χ0v) is 9.80. The topological polar surface area (TPSA) is 39.2 Å². The Labute approximate surface area is 93.7 Å². The molecule has 0 saturated carbocycles. The number of hydrogen-bond acceptors (Lipinski definition) is 3. The molecular weight excluding hydrogens is 206 g/mol. The van der Waals surface area contributed by atoms with Crippen LogP contribution in [0.5, 0.6) is 0 Å². The maximum atomic E-state index is 6.12. The molecule has 2 heterocycles. The summed E-state index contributed by atoms with van der Waals surface area (Å²) in [6, 6.07) is 6.09. The van der Waals surface area contributed by atoms with Crippen LogP contribution in [0.15, 0.2) is 28.9 Å². The molecule has 0 bridgehead atoms. The summed E-state index contributed by atoms with van der Waals surface area (Å²) in [6.07, 6.45) is 2.46. The number of thiophene rings is 1. The van der Waals surface area contributed by atoms with E-state index < -0.39 is 0 Å². The summed E-state index contributed by atoms with van der Waals surface area (Å²) in [7, 11) is 0. The zero-order chi connectivity index (χ0) is 10.8. The van der Waals surface area contributed by atoms with Crippen molar-refractivity contribution in [1.29, 1.82) is 0 Å². The van der Waals surface area contributed by atoms with E-state index in [-0.39, 0.29) is 6.04 Å². The molecule has 3 heteroatoms. The number of aryl methyl sites for hydroxylation is 2. The maximum absolute atomic E-state index is 6.12. The van der Waals surface area contributed by atoms with Crippen LogP contribution in [0.1, 0.15) is 27.1 Å². The van der Waals surface area contributed by atoms with Crippen molar-refractivity contribution in [2.75, 3.05) is 0 Å². The van der Waals surface area contributed by atoms with Crippen LogP contribution >= 0.6 is 11.3 Å². The largest absolute Gasteiger partial charge is 0.469 e. The van der Waals surface area contributed by atoms with Crippen LogP contribution in [0.2, 0.25) is 0 Å². The van der Waals surface area contributed by atoms with E-state index in [0.717, 1.165) is 12.2 Å². The van der Waals surface area contributed by atoms with Gasteiger partial charge in [0.05, 0.1) is 6.26 Å². The van der Waals surface area contributed by atoms with Crippen LogP contribution in [-0.2, 0) is 6.42 Å². The molecule has 2 N–H and O–H groups in total. The molecule has 0 radical (unpaired) electrons. The van der Waals surface area contributed by atoms with Gasteiger partial charge in [0.2, 0.25) is 0 Å². The molecule has 0 amide bonds. The van der Waals surface area contributed by atoms with Gasteiger partial charge in [-0.25, -0.2) is 0 Å². The van der Waals surface area contributed by atoms with E-state index in [0.29, 0.717) is 0 Å². The molecule has 1 atom stereocenters. The smallest absolute Gasteiger partial charge is 0.105 e. The van der Waals surface area contributed by atoms with Crippen molar-refractivity contribution >= 4 is 11.3 Å². The minimum Gasteiger partial charge on any atom is -0.469 e. The molecule has 2 aromatic rings. The van der Waals surface area contributed by atoms with Crippen molar-refractivity contribution in [3.05, 3.63) is 45.5 Å². The maximum Gasteiger partial charge on any atom is 0.105 e. The van der Waals surface area contributed by atoms with Crippen molar-refractivity contribution in [1.82, 2.24) is 0 Å². The van der Waals surface area contributed by atoms with Crippen molar-refractivity contribution in [2.45, 2.75) is 26.3 Å². The molecule has 0 aliphatic heterocycles. The highest BCUT2D eigenvalue weighted by molar-refractivity contribution is 7.12. The molecule has 0 aliphatic rings. The van der Waals surface area contributed by atoms with E-state index in [1.807, 2.05) is 12.1 Å². The molecule has 80 valence electrons. The molecule has 2 rings (SSSR count). The van der Waals surface area contributed by atoms with Gasteiger partial charge in [-0.2, -0.15) is 0 Å². The Kier molecular flexibility index (Phi) is 2.93. The highest BCUT2D eigenvalue weighted by Gasteiger charge is 2.12. The summed E-state index contributed by atoms with van der Waals surface area (Å²) in [5.41, 5.74) is 7.44. The second kappa shape index (κ2) is 4.21. The van der Waals surface area contributed by atoms with E-state index in [1.165, 1.54) is 15.3 Å². The van der Waals surface area contributed by atoms with Gasteiger partial charge < -0.3 is 10.2 Å². The molecular formula is C12H15NOS. The molecule has 2 aromatic heterocycles. The third-order valence-corrected chi connectivity index (χ3v) is 3.84. The predicted octanol–water partition coefficient (Wildman–Crippen LogP) is 3.20. The van der Waals surface area contributed by atoms with Gasteiger partial charge in [-0.1, -0.05) is 0 Å². The summed E-state index contributed by atoms with van der Waals surface area (Å²) in [5, 5.41) is 0. The molecule has 2 nitrogen and oxygen atoms in total. The Bertz CT molecular complexity index is 411. The fourth-order valence-corrected chi connectivity index (χ4v) is 2.57. The Hall–Kier alpha value is -1.06. The monoisotopic (exact) mass is 221 g/mol. The summed E-state index contributed by atoms with van der Waals surface area (Å²) in [6.45, 7) is 4.25. The van der Waals surface area contributed by atoms with Gasteiger partial charge in [0.25, 0.3) is 0 Å². The van der Waals surface area contributed by atoms with Crippen LogP contribution < -0.4 is 5.73 Å². The standard InChI is InChI=1S/C12H15NOS/c1-8-6-12(15-9(8)2)11(13)7-10-4-3-5-14-10/h3-6,11H,7,13H2,1-2H3. The van der Waals surface area contributed by atoms with E-state index in [4.69, 9.17) is 10.2 Å². The van der Waals surface area contributed by atoms with E-state index in [1.54, 1.807) is 17.6 Å². The first-order valence-corrected chi connectivity index (χ1v) is 5.83. The average Bonchev–Trinajstić information content (AvgIpc) is 2.78. The van der Waals surface area contributed by atoms with Gasteiger partial charge >= 0.3 is 0 Å². The van der Waals surface area contributed by atoms with Gasteiger partial charge in [-0.05, 0) is 37.6 Å². The average molecular weight is 221 g/mol. The van der Waals surface area contributed by atoms with Crippen LogP contribution in [0.25, 0.3) is 0 Å². The summed E-state index contributed by atoms with van der Waals surface area (Å²) in [5.74, 6) is 0.950. The van der Waals surface area contributed by atoms with Gasteiger partial charge in [-0.15, -0.1) is 11.3 Å². The molecule has 15 heavy (non-hydrogen) atoms. The molecule has 1 unspecified atom stereocenters. The first kappa shape index (κ1) is 10.5. The lowest BCUT2D eigenvalue weighted by Gasteiger charge is -2.06. The molecule has 0 fully saturated rings. The van der Waals surface area contributed by atoms with Crippen LogP contribution in [0.4, 0.5) is 0 Å². The lowest BCUT2D eigenvalue weighted by atomic mass is 10.1. The van der Waals surface area contributed by atoms with E-state index >= 15 is 0 Å². The quantitative estimate of drug-likeness (QED) is 0.864. The number of rotatable bonds is 3. The number of hydrogen-bond donors (Lipinski definition) is 1. The first-order valence-electron chi connectivity index (χ1n) is 5.01. The third-order valence-electron chi connectivity index (χ3n) is 2.55. The second-order valence-corrected chi connectivity index (χ2v) is 5.07. The Balaban J connectivity index is 2.11. The normalized spacial score (nSPS) is 13.0. The van der Waals surface area contributed by atoms with Crippen LogP contribution in [-0.4, -0.2) is 0 Å². The molecule has 0 aromatic carbocycles. The lowest BCUT2D eigenvalue weighted by molar-refractivity contribution is 0.490. The first-order chi connectivity index (χ1) is 7.16. The van der Waals surface area contributed by atoms with Crippen molar-refractivity contribution < 1.29 is 4.42 Å². The molecule has 0 aliphatic carbocycles. The SMILES string of the molecule is Cc1cc(C(N)Cc2ccco2)sc1C. The number of furan rings is 1. The van der Waals surface area contributed by atoms with Gasteiger partial charge in [-0.3, -0.25) is 0 Å². The minimum absolute atomic E-state index is 0.0496. The highest BCUT2D eigenvalue weighted by atomic mass is 32.1. The van der Waals surface area contributed by atoms with Crippen molar-refractivity contribution in [3.8, 4) is 0 Å². The fraction of sp³-hybridized carbons (Fsp3) is 0.333. The molecule has 0 spiro atoms. The Morgan fingerprint density at radius 1 is 1.47 bits per heavy atom. The highest BCUT2D eigenvalue weighted by Crippen LogP contribution is 2.27. The summed E-state index contributed by atoms with van der Waals surface area (Å²) < 4.78 is 5.29. The lowest BCUT2D eigenvalue weighted by Crippen LogP contribution is -2.11. The summed E-state index contributed by atoms with van der Waals surface area (Å²) in [4.78, 5) is 2.58. The Morgan fingerprint density at radius 2 is 2.27 bits per heavy atom. The van der Waals surface area contributed by atoms with Gasteiger partial charge in [0.1, 0.15) is 5.76 Å². The second-order valence-electron chi connectivity index (χ2n) is 3.78. The third kappa shape index (κ3) is 2.30. The zero-order valence-electron chi connectivity index (χ0n) is 8.99. The van der Waals surface area contributed by atoms with Crippen molar-refractivity contribution in [3.63, 3.8) is 0 Å². The van der Waals surface area contributed by atoms with E-state index in [9.17, 15) is 0 Å². The van der Waals surface area contributed by atoms with Crippen LogP contribution in [0, 0.1) is 13.8 Å². The van der Waals surface area contributed by atoms with Crippen molar-refractivity contribution in [2.24, 2.45) is 5.73 Å². The van der Waals surface area contributed by atoms with Gasteiger partial charge in [0.15, 0.2) is 0 Å². The Morgan fingerprint density at radius 3 is 2.80 bits per heavy atom. The predicted molar refractivity (Wildman–Crippen MR) is 63.1 cm³/mol. The molecule has 0 saturated heterocycles. The summed E-state index contributed by atoms with van der Waals surface area (Å²) >= 11 is 1.78.